The van der Waals surface area contributed by atoms with Crippen LogP contribution in [0.2, 0.25) is 0 Å². The topological polar surface area (TPSA) is 63.0 Å². The van der Waals surface area contributed by atoms with Crippen molar-refractivity contribution < 1.29 is 0 Å². The van der Waals surface area contributed by atoms with Gasteiger partial charge < -0.3 is 0 Å². The van der Waals surface area contributed by atoms with Crippen LogP contribution >= 0.6 is 0 Å². The van der Waals surface area contributed by atoms with Crippen molar-refractivity contribution in [3.63, 3.8) is 0 Å². The third-order valence-corrected chi connectivity index (χ3v) is 2.20. The predicted octanol–water partition coefficient (Wildman–Crippen LogP) is 0.542. The van der Waals surface area contributed by atoms with Crippen molar-refractivity contribution in [2.24, 2.45) is 0 Å². The van der Waals surface area contributed by atoms with Gasteiger partial charge in [-0.25, -0.2) is 19.3 Å². The Hall–Kier alpha value is -1.65. The number of fused-ring (bicyclic) bond motifs is 1. The fourth-order valence-corrected chi connectivity index (χ4v) is 1.47. The van der Waals surface area contributed by atoms with Crippen molar-refractivity contribution >= 4 is 5.65 Å². The lowest BCUT2D eigenvalue weighted by molar-refractivity contribution is 0.838. The second kappa shape index (κ2) is 3.25. The fraction of sp³-hybridized carbons (Fsp3) is 0.444. The van der Waals surface area contributed by atoms with E-state index >= 15 is 0 Å². The molecule has 0 fully saturated rings. The third-order valence-electron chi connectivity index (χ3n) is 2.20. The van der Waals surface area contributed by atoms with Gasteiger partial charge in [0.25, 0.3) is 0 Å². The average molecular weight is 192 g/mol. The zero-order valence-corrected chi connectivity index (χ0v) is 8.24. The summed E-state index contributed by atoms with van der Waals surface area (Å²) in [6.45, 7) is 4.00. The third kappa shape index (κ3) is 1.21. The van der Waals surface area contributed by atoms with E-state index in [4.69, 9.17) is 0 Å². The molecule has 0 aliphatic carbocycles. The molecule has 0 amide bonds. The Bertz CT molecular complexity index is 511. The normalized spacial score (nSPS) is 11.0. The molecular formula is C9H12N4O. The van der Waals surface area contributed by atoms with Gasteiger partial charge in [-0.3, -0.25) is 0 Å². The number of nitrogens with zero attached hydrogens (tertiary/aromatic N) is 3. The van der Waals surface area contributed by atoms with Crippen LogP contribution in [0.25, 0.3) is 5.65 Å². The van der Waals surface area contributed by atoms with Crippen molar-refractivity contribution in [2.75, 3.05) is 0 Å². The van der Waals surface area contributed by atoms with Crippen LogP contribution < -0.4 is 5.69 Å². The van der Waals surface area contributed by atoms with Crippen molar-refractivity contribution in [1.29, 1.82) is 0 Å². The van der Waals surface area contributed by atoms with Gasteiger partial charge in [-0.15, -0.1) is 0 Å². The summed E-state index contributed by atoms with van der Waals surface area (Å²) in [6.07, 6.45) is 1.58. The highest BCUT2D eigenvalue weighted by Gasteiger charge is 2.07. The van der Waals surface area contributed by atoms with Crippen LogP contribution in [-0.4, -0.2) is 19.6 Å². The van der Waals surface area contributed by atoms with Crippen LogP contribution in [0.1, 0.15) is 25.4 Å². The lowest BCUT2D eigenvalue weighted by Crippen LogP contribution is -2.15. The monoisotopic (exact) mass is 192 g/mol. The molecule has 0 bridgehead atoms. The zero-order chi connectivity index (χ0) is 10.1. The minimum atomic E-state index is -0.216. The summed E-state index contributed by atoms with van der Waals surface area (Å²) in [5, 5.41) is 6.34. The van der Waals surface area contributed by atoms with Crippen molar-refractivity contribution in [3.05, 3.63) is 28.1 Å². The Morgan fingerprint density at radius 3 is 2.86 bits per heavy atom. The molecule has 0 atom stereocenters. The van der Waals surface area contributed by atoms with E-state index in [0.29, 0.717) is 5.65 Å². The highest BCUT2D eigenvalue weighted by Crippen LogP contribution is 2.04. The minimum Gasteiger partial charge on any atom is -0.246 e. The van der Waals surface area contributed by atoms with Crippen LogP contribution in [0.3, 0.4) is 0 Å². The van der Waals surface area contributed by atoms with E-state index < -0.39 is 0 Å². The number of aromatic amines is 1. The van der Waals surface area contributed by atoms with Crippen LogP contribution in [-0.2, 0) is 12.8 Å². The molecule has 1 N–H and O–H groups in total. The van der Waals surface area contributed by atoms with Crippen LogP contribution in [0, 0.1) is 0 Å². The first-order valence-electron chi connectivity index (χ1n) is 4.72. The highest BCUT2D eigenvalue weighted by atomic mass is 16.1. The second-order valence-corrected chi connectivity index (χ2v) is 3.09. The van der Waals surface area contributed by atoms with E-state index in [1.54, 1.807) is 0 Å². The number of rotatable bonds is 2. The van der Waals surface area contributed by atoms with Gasteiger partial charge in [-0.1, -0.05) is 13.8 Å². The van der Waals surface area contributed by atoms with Gasteiger partial charge in [-0.2, -0.15) is 5.10 Å². The fourth-order valence-electron chi connectivity index (χ4n) is 1.47. The Morgan fingerprint density at radius 1 is 1.43 bits per heavy atom. The van der Waals surface area contributed by atoms with E-state index in [-0.39, 0.29) is 5.69 Å². The van der Waals surface area contributed by atoms with E-state index in [0.717, 1.165) is 24.4 Å². The Morgan fingerprint density at radius 2 is 2.21 bits per heavy atom. The zero-order valence-electron chi connectivity index (χ0n) is 8.24. The predicted molar refractivity (Wildman–Crippen MR) is 52.4 cm³/mol. The molecule has 0 aromatic carbocycles. The molecule has 0 aliphatic rings. The first-order chi connectivity index (χ1) is 6.76. The van der Waals surface area contributed by atoms with Gasteiger partial charge in [0.2, 0.25) is 0 Å². The van der Waals surface area contributed by atoms with Gasteiger partial charge >= 0.3 is 5.69 Å². The standard InChI is InChI=1S/C9H12N4O/c1-3-6-5-8-11-12-9(14)13(8)7(4-2)10-6/h5H,3-4H2,1-2H3,(H,12,14). The summed E-state index contributed by atoms with van der Waals surface area (Å²) in [6, 6.07) is 1.83. The molecule has 5 heteroatoms. The summed E-state index contributed by atoms with van der Waals surface area (Å²) >= 11 is 0. The molecule has 0 spiro atoms. The minimum absolute atomic E-state index is 0.216. The molecule has 0 aliphatic heterocycles. The Balaban J connectivity index is 2.82. The van der Waals surface area contributed by atoms with E-state index in [2.05, 4.69) is 15.2 Å². The number of hydrogen-bond acceptors (Lipinski definition) is 3. The number of H-pyrrole nitrogens is 1. The maximum Gasteiger partial charge on any atom is 0.349 e. The molecule has 0 saturated heterocycles. The first kappa shape index (κ1) is 8.93. The van der Waals surface area contributed by atoms with Gasteiger partial charge in [0.15, 0.2) is 5.65 Å². The summed E-state index contributed by atoms with van der Waals surface area (Å²) in [5.41, 5.74) is 1.40. The van der Waals surface area contributed by atoms with Gasteiger partial charge in [-0.05, 0) is 6.42 Å². The SMILES string of the molecule is CCc1cc2n[nH]c(=O)n2c(CC)n1. The molecule has 74 valence electrons. The number of hydrogen-bond donors (Lipinski definition) is 1. The Labute approximate surface area is 80.8 Å². The lowest BCUT2D eigenvalue weighted by atomic mass is 10.3. The molecule has 5 nitrogen and oxygen atoms in total. The maximum absolute atomic E-state index is 11.4. The molecule has 0 unspecified atom stereocenters. The highest BCUT2D eigenvalue weighted by molar-refractivity contribution is 5.38. The lowest BCUT2D eigenvalue weighted by Gasteiger charge is -2.02. The smallest absolute Gasteiger partial charge is 0.246 e. The molecule has 2 aromatic rings. The molecule has 14 heavy (non-hydrogen) atoms. The van der Waals surface area contributed by atoms with E-state index in [9.17, 15) is 4.79 Å². The average Bonchev–Trinajstić information content (AvgIpc) is 2.59. The molecule has 0 radical (unpaired) electrons. The van der Waals surface area contributed by atoms with E-state index in [1.807, 2.05) is 19.9 Å². The Kier molecular flexibility index (Phi) is 2.07. The number of aryl methyl sites for hydroxylation is 2. The largest absolute Gasteiger partial charge is 0.349 e. The molecule has 2 heterocycles. The molecule has 2 rings (SSSR count). The number of nitrogens with one attached hydrogen (secondary N) is 1. The summed E-state index contributed by atoms with van der Waals surface area (Å²) in [7, 11) is 0. The number of aromatic nitrogens is 4. The summed E-state index contributed by atoms with van der Waals surface area (Å²) < 4.78 is 1.51. The summed E-state index contributed by atoms with van der Waals surface area (Å²) in [5.74, 6) is 0.762. The molecular weight excluding hydrogens is 180 g/mol. The van der Waals surface area contributed by atoms with Gasteiger partial charge in [0.05, 0.1) is 0 Å². The summed E-state index contributed by atoms with van der Waals surface area (Å²) in [4.78, 5) is 15.7. The van der Waals surface area contributed by atoms with Crippen LogP contribution in [0.5, 0.6) is 0 Å². The molecule has 0 saturated carbocycles. The van der Waals surface area contributed by atoms with Crippen LogP contribution in [0.4, 0.5) is 0 Å². The van der Waals surface area contributed by atoms with E-state index in [1.165, 1.54) is 4.40 Å². The van der Waals surface area contributed by atoms with Crippen LogP contribution in [0.15, 0.2) is 10.9 Å². The van der Waals surface area contributed by atoms with Crippen molar-refractivity contribution in [2.45, 2.75) is 26.7 Å². The van der Waals surface area contributed by atoms with Crippen molar-refractivity contribution in [3.8, 4) is 0 Å². The van der Waals surface area contributed by atoms with Crippen molar-refractivity contribution in [1.82, 2.24) is 19.6 Å². The van der Waals surface area contributed by atoms with Gasteiger partial charge in [0.1, 0.15) is 5.82 Å². The maximum atomic E-state index is 11.4. The van der Waals surface area contributed by atoms with Gasteiger partial charge in [0, 0.05) is 18.2 Å². The molecule has 2 aromatic heterocycles. The second-order valence-electron chi connectivity index (χ2n) is 3.09. The first-order valence-corrected chi connectivity index (χ1v) is 4.72. The quantitative estimate of drug-likeness (QED) is 0.755.